The molecule has 0 saturated heterocycles. The Kier molecular flexibility index (Phi) is 10.1. The third kappa shape index (κ3) is 7.61. The molecule has 0 aromatic rings. The van der Waals surface area contributed by atoms with Crippen molar-refractivity contribution in [2.24, 2.45) is 9.12 Å². The van der Waals surface area contributed by atoms with Gasteiger partial charge in [-0.05, 0) is 19.3 Å². The first-order chi connectivity index (χ1) is 9.27. The number of halogens is 1. The van der Waals surface area contributed by atoms with E-state index in [1.165, 1.54) is 32.1 Å². The average molecular weight is 381 g/mol. The zero-order valence-electron chi connectivity index (χ0n) is 12.1. The summed E-state index contributed by atoms with van der Waals surface area (Å²) in [5.74, 6) is 0.228. The number of unbranched alkanes of at least 4 members (excludes halogenated alkanes) is 5. The second kappa shape index (κ2) is 11.0. The summed E-state index contributed by atoms with van der Waals surface area (Å²) in [5, 5.41) is 10.00. The van der Waals surface area contributed by atoms with Gasteiger partial charge in [-0.15, -0.1) is 0 Å². The van der Waals surface area contributed by atoms with Crippen molar-refractivity contribution in [3.8, 4) is 0 Å². The summed E-state index contributed by atoms with van der Waals surface area (Å²) in [4.78, 5) is 0. The molecule has 1 rings (SSSR count). The number of hydrogen-bond acceptors (Lipinski definition) is 3. The molecule has 3 atom stereocenters. The molecular weight excluding hydrogens is 353 g/mol. The van der Waals surface area contributed by atoms with E-state index in [9.17, 15) is 5.11 Å². The Labute approximate surface area is 131 Å². The van der Waals surface area contributed by atoms with Crippen molar-refractivity contribution in [2.45, 2.75) is 76.9 Å². The number of aliphatic hydroxyl groups is 1. The van der Waals surface area contributed by atoms with Crippen molar-refractivity contribution < 1.29 is 9.84 Å². The van der Waals surface area contributed by atoms with Gasteiger partial charge in [-0.25, -0.2) is 3.21 Å². The van der Waals surface area contributed by atoms with E-state index < -0.39 is 0 Å². The SMILES string of the molecule is CCCCCCCCOC1CCC(/C=N/I)C(O)C1. The van der Waals surface area contributed by atoms with Crippen molar-refractivity contribution >= 4 is 29.1 Å². The largest absolute Gasteiger partial charge is 0.392 e. The molecule has 0 spiro atoms. The summed E-state index contributed by atoms with van der Waals surface area (Å²) in [5.41, 5.74) is 0. The molecule has 3 unspecified atom stereocenters. The maximum atomic E-state index is 10.00. The summed E-state index contributed by atoms with van der Waals surface area (Å²) < 4.78 is 9.87. The van der Waals surface area contributed by atoms with Crippen molar-refractivity contribution in [3.05, 3.63) is 0 Å². The van der Waals surface area contributed by atoms with Gasteiger partial charge in [0.25, 0.3) is 0 Å². The Morgan fingerprint density at radius 1 is 1.21 bits per heavy atom. The van der Waals surface area contributed by atoms with E-state index in [0.29, 0.717) is 0 Å². The molecule has 0 bridgehead atoms. The van der Waals surface area contributed by atoms with Crippen molar-refractivity contribution in [1.29, 1.82) is 0 Å². The molecule has 1 N–H and O–H groups in total. The number of nitrogens with zero attached hydrogens (tertiary/aromatic N) is 1. The lowest BCUT2D eigenvalue weighted by Gasteiger charge is -2.30. The Hall–Kier alpha value is 0.320. The third-order valence-corrected chi connectivity index (χ3v) is 4.24. The molecule has 0 aliphatic heterocycles. The summed E-state index contributed by atoms with van der Waals surface area (Å²) >= 11 is 1.97. The van der Waals surface area contributed by atoms with Crippen LogP contribution in [0.4, 0.5) is 0 Å². The van der Waals surface area contributed by atoms with Gasteiger partial charge >= 0.3 is 0 Å². The molecule has 19 heavy (non-hydrogen) atoms. The van der Waals surface area contributed by atoms with Gasteiger partial charge in [0.15, 0.2) is 0 Å². The molecule has 1 aliphatic carbocycles. The number of aliphatic hydroxyl groups excluding tert-OH is 1. The summed E-state index contributed by atoms with van der Waals surface area (Å²) in [6.07, 6.45) is 12.5. The van der Waals surface area contributed by atoms with Crippen LogP contribution in [-0.4, -0.2) is 30.1 Å². The topological polar surface area (TPSA) is 41.8 Å². The van der Waals surface area contributed by atoms with E-state index >= 15 is 0 Å². The van der Waals surface area contributed by atoms with E-state index in [-0.39, 0.29) is 18.1 Å². The minimum atomic E-state index is -0.276. The maximum absolute atomic E-state index is 10.00. The van der Waals surface area contributed by atoms with Crippen LogP contribution in [-0.2, 0) is 4.74 Å². The van der Waals surface area contributed by atoms with Crippen LogP contribution in [0.25, 0.3) is 0 Å². The van der Waals surface area contributed by atoms with Gasteiger partial charge in [-0.2, -0.15) is 0 Å². The molecule has 1 saturated carbocycles. The number of ether oxygens (including phenoxy) is 1. The van der Waals surface area contributed by atoms with E-state index in [1.54, 1.807) is 0 Å². The first-order valence-corrected chi connectivity index (χ1v) is 8.68. The maximum Gasteiger partial charge on any atom is 0.0827 e. The van der Waals surface area contributed by atoms with Crippen LogP contribution in [0.1, 0.15) is 64.7 Å². The lowest BCUT2D eigenvalue weighted by molar-refractivity contribution is -0.0262. The fourth-order valence-electron chi connectivity index (χ4n) is 2.66. The zero-order valence-corrected chi connectivity index (χ0v) is 14.2. The fraction of sp³-hybridized carbons (Fsp3) is 0.933. The normalized spacial score (nSPS) is 28.1. The summed E-state index contributed by atoms with van der Waals surface area (Å²) in [6.45, 7) is 3.10. The molecular formula is C15H28INO2. The van der Waals surface area contributed by atoms with Gasteiger partial charge in [0.2, 0.25) is 0 Å². The van der Waals surface area contributed by atoms with Crippen LogP contribution in [0.2, 0.25) is 0 Å². The molecule has 0 radical (unpaired) electrons. The van der Waals surface area contributed by atoms with Crippen molar-refractivity contribution in [2.75, 3.05) is 6.61 Å². The van der Waals surface area contributed by atoms with Gasteiger partial charge in [0.1, 0.15) is 0 Å². The second-order valence-corrected chi connectivity index (χ2v) is 6.11. The van der Waals surface area contributed by atoms with Gasteiger partial charge < -0.3 is 9.84 Å². The van der Waals surface area contributed by atoms with Crippen LogP contribution in [0.15, 0.2) is 3.21 Å². The van der Waals surface area contributed by atoms with Crippen molar-refractivity contribution in [1.82, 2.24) is 0 Å². The average Bonchev–Trinajstić information content (AvgIpc) is 2.41. The number of hydrogen-bond donors (Lipinski definition) is 1. The van der Waals surface area contributed by atoms with E-state index in [2.05, 4.69) is 10.1 Å². The quantitative estimate of drug-likeness (QED) is 0.367. The van der Waals surface area contributed by atoms with Gasteiger partial charge in [-0.1, -0.05) is 39.0 Å². The standard InChI is InChI=1S/C15H28INO2/c1-2-3-4-5-6-7-10-19-14-9-8-13(12-17-16)15(18)11-14/h12-15,18H,2-11H2,1H3/b17-12+. The Morgan fingerprint density at radius 3 is 2.63 bits per heavy atom. The highest BCUT2D eigenvalue weighted by molar-refractivity contribution is 14.1. The highest BCUT2D eigenvalue weighted by Gasteiger charge is 2.28. The van der Waals surface area contributed by atoms with Crippen LogP contribution in [0, 0.1) is 5.92 Å². The Bertz CT molecular complexity index is 248. The molecule has 4 heteroatoms. The predicted molar refractivity (Wildman–Crippen MR) is 89.0 cm³/mol. The van der Waals surface area contributed by atoms with E-state index in [1.807, 2.05) is 29.1 Å². The molecule has 112 valence electrons. The molecule has 1 fully saturated rings. The first-order valence-electron chi connectivity index (χ1n) is 7.72. The van der Waals surface area contributed by atoms with Crippen LogP contribution < -0.4 is 0 Å². The monoisotopic (exact) mass is 381 g/mol. The Morgan fingerprint density at radius 2 is 1.95 bits per heavy atom. The highest BCUT2D eigenvalue weighted by atomic mass is 127. The Balaban J connectivity index is 2.02. The number of rotatable bonds is 9. The minimum Gasteiger partial charge on any atom is -0.392 e. The van der Waals surface area contributed by atoms with Crippen LogP contribution in [0.3, 0.4) is 0 Å². The molecule has 0 aromatic carbocycles. The molecule has 1 aliphatic rings. The van der Waals surface area contributed by atoms with E-state index in [0.717, 1.165) is 32.3 Å². The fourth-order valence-corrected chi connectivity index (χ4v) is 3.08. The molecule has 3 nitrogen and oxygen atoms in total. The van der Waals surface area contributed by atoms with Gasteiger partial charge in [-0.3, -0.25) is 0 Å². The first kappa shape index (κ1) is 17.4. The van der Waals surface area contributed by atoms with Crippen molar-refractivity contribution in [3.63, 3.8) is 0 Å². The summed E-state index contributed by atoms with van der Waals surface area (Å²) in [7, 11) is 0. The lowest BCUT2D eigenvalue weighted by atomic mass is 9.85. The lowest BCUT2D eigenvalue weighted by Crippen LogP contribution is -2.34. The smallest absolute Gasteiger partial charge is 0.0827 e. The van der Waals surface area contributed by atoms with Crippen LogP contribution in [0.5, 0.6) is 0 Å². The summed E-state index contributed by atoms with van der Waals surface area (Å²) in [6, 6.07) is 0. The van der Waals surface area contributed by atoms with E-state index in [4.69, 9.17) is 4.74 Å². The molecule has 0 heterocycles. The third-order valence-electron chi connectivity index (χ3n) is 3.92. The van der Waals surface area contributed by atoms with Gasteiger partial charge in [0.05, 0.1) is 35.1 Å². The minimum absolute atomic E-state index is 0.228. The highest BCUT2D eigenvalue weighted by Crippen LogP contribution is 2.26. The molecule has 0 aromatic heterocycles. The zero-order chi connectivity index (χ0) is 13.9. The van der Waals surface area contributed by atoms with Crippen LogP contribution >= 0.6 is 22.9 Å². The predicted octanol–water partition coefficient (Wildman–Crippen LogP) is 4.31. The second-order valence-electron chi connectivity index (χ2n) is 5.55. The van der Waals surface area contributed by atoms with Gasteiger partial charge in [0, 0.05) is 25.2 Å². The molecule has 0 amide bonds.